The Morgan fingerprint density at radius 1 is 1.12 bits per heavy atom. The molecule has 0 aliphatic carbocycles. The van der Waals surface area contributed by atoms with Gasteiger partial charge in [0.05, 0.1) is 6.04 Å². The van der Waals surface area contributed by atoms with Crippen LogP contribution in [0.25, 0.3) is 0 Å². The van der Waals surface area contributed by atoms with E-state index in [1.165, 1.54) is 23.8 Å². The molecule has 5 nitrogen and oxygen atoms in total. The van der Waals surface area contributed by atoms with Crippen LogP contribution in [0.1, 0.15) is 64.3 Å². The number of carbonyl (C=O) groups is 1. The number of nitrogens with one attached hydrogen (secondary N) is 1. The molecular formula is C18H34NO4P. The van der Waals surface area contributed by atoms with Crippen molar-refractivity contribution < 1.29 is 19.4 Å². The highest BCUT2D eigenvalue weighted by atomic mass is 31.1. The van der Waals surface area contributed by atoms with Crippen LogP contribution < -0.4 is 5.32 Å². The molecule has 0 radical (unpaired) electrons. The van der Waals surface area contributed by atoms with Crippen molar-refractivity contribution in [2.75, 3.05) is 7.11 Å². The zero-order valence-electron chi connectivity index (χ0n) is 16.5. The molecule has 0 aromatic heterocycles. The van der Waals surface area contributed by atoms with Gasteiger partial charge in [-0.1, -0.05) is 63.9 Å². The van der Waals surface area contributed by atoms with Gasteiger partial charge in [-0.05, 0) is 26.3 Å². The predicted octanol–water partition coefficient (Wildman–Crippen LogP) is 4.57. The van der Waals surface area contributed by atoms with Crippen molar-refractivity contribution in [3.8, 4) is 0 Å². The zero-order valence-corrected chi connectivity index (χ0v) is 17.4. The summed E-state index contributed by atoms with van der Waals surface area (Å²) in [5.74, 6) is 0.0872. The third kappa shape index (κ3) is 12.2. The second kappa shape index (κ2) is 14.1. The molecule has 1 aromatic rings. The SMILES string of the molecule is CC.COP=O.Cc1cc(C)cc([C@@H](C)NC(=O)C(C)(C)C)c1.O. The van der Waals surface area contributed by atoms with Gasteiger partial charge in [0, 0.05) is 12.5 Å². The molecule has 3 N–H and O–H groups in total. The van der Waals surface area contributed by atoms with Crippen LogP contribution in [-0.2, 0) is 13.9 Å². The number of rotatable bonds is 3. The number of benzene rings is 1. The molecule has 6 heteroatoms. The van der Waals surface area contributed by atoms with Crippen LogP contribution >= 0.6 is 8.69 Å². The lowest BCUT2D eigenvalue weighted by molar-refractivity contribution is -0.129. The summed E-state index contributed by atoms with van der Waals surface area (Å²) in [4.78, 5) is 11.9. The Labute approximate surface area is 148 Å². The first-order valence-corrected chi connectivity index (χ1v) is 8.59. The normalized spacial score (nSPS) is 11.0. The summed E-state index contributed by atoms with van der Waals surface area (Å²) in [7, 11) is 1.10. The molecule has 1 amide bonds. The van der Waals surface area contributed by atoms with E-state index >= 15 is 0 Å². The highest BCUT2D eigenvalue weighted by Crippen LogP contribution is 2.19. The maximum Gasteiger partial charge on any atom is 0.327 e. The van der Waals surface area contributed by atoms with E-state index in [0.717, 1.165) is 0 Å². The van der Waals surface area contributed by atoms with Crippen LogP contribution in [0.2, 0.25) is 0 Å². The van der Waals surface area contributed by atoms with E-state index in [1.54, 1.807) is 0 Å². The molecule has 140 valence electrons. The van der Waals surface area contributed by atoms with Crippen molar-refractivity contribution >= 4 is 14.6 Å². The second-order valence-electron chi connectivity index (χ2n) is 6.12. The molecule has 0 fully saturated rings. The first kappa shape index (κ1) is 27.6. The highest BCUT2D eigenvalue weighted by molar-refractivity contribution is 7.17. The summed E-state index contributed by atoms with van der Waals surface area (Å²) in [5.41, 5.74) is 3.29. The number of amides is 1. The third-order valence-electron chi connectivity index (χ3n) is 2.85. The smallest absolute Gasteiger partial charge is 0.327 e. The van der Waals surface area contributed by atoms with Crippen LogP contribution in [-0.4, -0.2) is 18.5 Å². The summed E-state index contributed by atoms with van der Waals surface area (Å²) < 4.78 is 13.0. The fourth-order valence-corrected chi connectivity index (χ4v) is 1.76. The van der Waals surface area contributed by atoms with Gasteiger partial charge >= 0.3 is 8.69 Å². The Morgan fingerprint density at radius 3 is 1.79 bits per heavy atom. The summed E-state index contributed by atoms with van der Waals surface area (Å²) in [6, 6.07) is 6.45. The van der Waals surface area contributed by atoms with Gasteiger partial charge in [0.2, 0.25) is 5.91 Å². The van der Waals surface area contributed by atoms with Gasteiger partial charge in [-0.15, -0.1) is 0 Å². The molecule has 24 heavy (non-hydrogen) atoms. The number of hydrogen-bond donors (Lipinski definition) is 1. The van der Waals surface area contributed by atoms with Crippen LogP contribution in [0.5, 0.6) is 0 Å². The maximum absolute atomic E-state index is 11.9. The minimum atomic E-state index is -0.340. The molecule has 1 aromatic carbocycles. The topological polar surface area (TPSA) is 86.9 Å². The first-order valence-electron chi connectivity index (χ1n) is 7.86. The van der Waals surface area contributed by atoms with E-state index in [1.807, 2.05) is 41.5 Å². The van der Waals surface area contributed by atoms with Crippen molar-refractivity contribution in [1.82, 2.24) is 5.32 Å². The maximum atomic E-state index is 11.9. The molecular weight excluding hydrogens is 325 g/mol. The van der Waals surface area contributed by atoms with Gasteiger partial charge in [0.15, 0.2) is 0 Å². The summed E-state index contributed by atoms with van der Waals surface area (Å²) in [6.07, 6.45) is 0. The third-order valence-corrected chi connectivity index (χ3v) is 3.00. The minimum absolute atomic E-state index is 0. The molecule has 0 aliphatic heterocycles. The Bertz CT molecular complexity index is 464. The van der Waals surface area contributed by atoms with Gasteiger partial charge in [-0.3, -0.25) is 9.32 Å². The minimum Gasteiger partial charge on any atom is -0.412 e. The van der Waals surface area contributed by atoms with E-state index in [9.17, 15) is 4.79 Å². The van der Waals surface area contributed by atoms with Crippen molar-refractivity contribution in [3.05, 3.63) is 34.9 Å². The van der Waals surface area contributed by atoms with E-state index in [4.69, 9.17) is 4.57 Å². The lowest BCUT2D eigenvalue weighted by Gasteiger charge is -2.22. The molecule has 0 unspecified atom stereocenters. The molecule has 0 aliphatic rings. The van der Waals surface area contributed by atoms with Gasteiger partial charge in [0.1, 0.15) is 0 Å². The van der Waals surface area contributed by atoms with Gasteiger partial charge < -0.3 is 10.8 Å². The Kier molecular flexibility index (Phi) is 16.2. The molecule has 0 bridgehead atoms. The van der Waals surface area contributed by atoms with Crippen LogP contribution in [0.15, 0.2) is 18.2 Å². The largest absolute Gasteiger partial charge is 0.412 e. The van der Waals surface area contributed by atoms with Gasteiger partial charge in [0.25, 0.3) is 0 Å². The molecule has 0 heterocycles. The van der Waals surface area contributed by atoms with E-state index in [2.05, 4.69) is 41.9 Å². The summed E-state index contributed by atoms with van der Waals surface area (Å²) in [5, 5.41) is 3.05. The molecule has 1 atom stereocenters. The Balaban J connectivity index is -0.000000551. The van der Waals surface area contributed by atoms with Crippen LogP contribution in [0.3, 0.4) is 0 Å². The lowest BCUT2D eigenvalue weighted by Crippen LogP contribution is -2.36. The second-order valence-corrected chi connectivity index (χ2v) is 6.64. The molecule has 1 rings (SSSR count). The summed E-state index contributed by atoms with van der Waals surface area (Å²) >= 11 is 0. The highest BCUT2D eigenvalue weighted by Gasteiger charge is 2.22. The van der Waals surface area contributed by atoms with Crippen molar-refractivity contribution in [1.29, 1.82) is 0 Å². The Morgan fingerprint density at radius 2 is 1.50 bits per heavy atom. The predicted molar refractivity (Wildman–Crippen MR) is 102 cm³/mol. The summed E-state index contributed by atoms with van der Waals surface area (Å²) in [6.45, 7) is 16.0. The number of hydrogen-bond acceptors (Lipinski definition) is 3. The van der Waals surface area contributed by atoms with Gasteiger partial charge in [-0.25, -0.2) is 4.57 Å². The average Bonchev–Trinajstić information content (AvgIpc) is 2.47. The fourth-order valence-electron chi connectivity index (χ4n) is 1.76. The van der Waals surface area contributed by atoms with E-state index in [-0.39, 0.29) is 31.5 Å². The van der Waals surface area contributed by atoms with E-state index in [0.29, 0.717) is 0 Å². The molecule has 0 saturated heterocycles. The number of carbonyl (C=O) groups excluding carboxylic acids is 1. The van der Waals surface area contributed by atoms with Crippen molar-refractivity contribution in [2.24, 2.45) is 5.41 Å². The van der Waals surface area contributed by atoms with Crippen molar-refractivity contribution in [3.63, 3.8) is 0 Å². The lowest BCUT2D eigenvalue weighted by atomic mass is 9.94. The van der Waals surface area contributed by atoms with Crippen LogP contribution in [0, 0.1) is 19.3 Å². The quantitative estimate of drug-likeness (QED) is 0.802. The van der Waals surface area contributed by atoms with Crippen LogP contribution in [0.4, 0.5) is 0 Å². The standard InChI is InChI=1S/C15H23NO.C2H6.CH3O2P.H2O/c1-10-7-11(2)9-13(8-10)12(3)16-14(17)15(4,5)6;1-2;1-3-4-2;/h7-9,12H,1-6H3,(H,16,17);1-2H3;1H3;1H2/t12-;;;/m1.../s1. The average molecular weight is 359 g/mol. The van der Waals surface area contributed by atoms with Crippen molar-refractivity contribution in [2.45, 2.75) is 61.4 Å². The van der Waals surface area contributed by atoms with Gasteiger partial charge in [-0.2, -0.15) is 0 Å². The van der Waals surface area contributed by atoms with E-state index < -0.39 is 0 Å². The number of aryl methyl sites for hydroxylation is 2. The zero-order chi connectivity index (χ0) is 18.6. The first-order chi connectivity index (χ1) is 10.6. The monoisotopic (exact) mass is 359 g/mol. The Hall–Kier alpha value is -1.29. The molecule has 0 saturated carbocycles. The molecule has 0 spiro atoms. The fraction of sp³-hybridized carbons (Fsp3) is 0.611.